The van der Waals surface area contributed by atoms with Gasteiger partial charge in [-0.2, -0.15) is 0 Å². The van der Waals surface area contributed by atoms with Crippen LogP contribution >= 0.6 is 11.6 Å². The van der Waals surface area contributed by atoms with Crippen molar-refractivity contribution in [1.29, 1.82) is 0 Å². The molecule has 0 saturated heterocycles. The highest BCUT2D eigenvalue weighted by molar-refractivity contribution is 6.24. The van der Waals surface area contributed by atoms with Gasteiger partial charge in [0.05, 0.1) is 0 Å². The molecule has 29 heavy (non-hydrogen) atoms. The van der Waals surface area contributed by atoms with E-state index in [4.69, 9.17) is 11.6 Å². The molecule has 0 saturated carbocycles. The Morgan fingerprint density at radius 3 is 0.897 bits per heavy atom. The molecule has 0 aromatic carbocycles. The third-order valence-corrected chi connectivity index (χ3v) is 7.69. The fraction of sp³-hybridized carbons (Fsp3) is 1.00. The van der Waals surface area contributed by atoms with Crippen LogP contribution in [0.5, 0.6) is 0 Å². The summed E-state index contributed by atoms with van der Waals surface area (Å²) in [5, 5.41) is 0. The Hall–Kier alpha value is 0.290. The average molecular weight is 429 g/mol. The average Bonchev–Trinajstić information content (AvgIpc) is 2.68. The van der Waals surface area contributed by atoms with Gasteiger partial charge in [-0.15, -0.1) is 11.6 Å². The minimum atomic E-state index is -0.0801. The van der Waals surface area contributed by atoms with Crippen molar-refractivity contribution in [3.8, 4) is 0 Å². The summed E-state index contributed by atoms with van der Waals surface area (Å²) >= 11 is 7.14. The van der Waals surface area contributed by atoms with Crippen molar-refractivity contribution in [3.05, 3.63) is 0 Å². The van der Waals surface area contributed by atoms with Gasteiger partial charge in [0.1, 0.15) is 0 Å². The lowest BCUT2D eigenvalue weighted by atomic mass is 9.66. The fourth-order valence-corrected chi connectivity index (χ4v) is 5.28. The molecular formula is C28H57Cl. The van der Waals surface area contributed by atoms with Crippen LogP contribution in [0.4, 0.5) is 0 Å². The summed E-state index contributed by atoms with van der Waals surface area (Å²) in [7, 11) is 0. The predicted molar refractivity (Wildman–Crippen MR) is 136 cm³/mol. The molecule has 0 nitrogen and oxygen atoms in total. The molecule has 0 aromatic rings. The maximum absolute atomic E-state index is 7.14. The Morgan fingerprint density at radius 2 is 0.655 bits per heavy atom. The zero-order valence-corrected chi connectivity index (χ0v) is 22.0. The topological polar surface area (TPSA) is 0 Å². The Bertz CT molecular complexity index is 287. The van der Waals surface area contributed by atoms with Crippen molar-refractivity contribution < 1.29 is 0 Å². The predicted octanol–water partition coefficient (Wildman–Crippen LogP) is 11.2. The van der Waals surface area contributed by atoms with Gasteiger partial charge >= 0.3 is 0 Å². The van der Waals surface area contributed by atoms with E-state index >= 15 is 0 Å². The van der Waals surface area contributed by atoms with Crippen LogP contribution in [0.15, 0.2) is 0 Å². The lowest BCUT2D eigenvalue weighted by Gasteiger charge is -2.44. The summed E-state index contributed by atoms with van der Waals surface area (Å²) in [5.41, 5.74) is 0.342. The lowest BCUT2D eigenvalue weighted by Crippen LogP contribution is -2.39. The van der Waals surface area contributed by atoms with Crippen molar-refractivity contribution >= 4 is 11.6 Å². The lowest BCUT2D eigenvalue weighted by molar-refractivity contribution is 0.141. The van der Waals surface area contributed by atoms with E-state index in [9.17, 15) is 0 Å². The smallest absolute Gasteiger partial charge is 0.0446 e. The minimum Gasteiger partial charge on any atom is -0.119 e. The molecule has 0 heterocycles. The van der Waals surface area contributed by atoms with Crippen LogP contribution in [0.3, 0.4) is 0 Å². The first-order valence-electron chi connectivity index (χ1n) is 13.6. The molecule has 0 fully saturated rings. The van der Waals surface area contributed by atoms with Gasteiger partial charge in [0, 0.05) is 4.87 Å². The van der Waals surface area contributed by atoms with Gasteiger partial charge in [-0.1, -0.05) is 136 Å². The third-order valence-electron chi connectivity index (χ3n) is 7.29. The number of hydrogen-bond acceptors (Lipinski definition) is 0. The highest BCUT2D eigenvalue weighted by Crippen LogP contribution is 2.49. The number of unbranched alkanes of at least 4 members (excludes halogenated alkanes) is 15. The number of rotatable bonds is 22. The first-order chi connectivity index (χ1) is 13.9. The van der Waals surface area contributed by atoms with Crippen molar-refractivity contribution in [1.82, 2.24) is 0 Å². The molecule has 0 aliphatic carbocycles. The molecule has 0 unspecified atom stereocenters. The van der Waals surface area contributed by atoms with E-state index in [2.05, 4.69) is 34.6 Å². The fourth-order valence-electron chi connectivity index (χ4n) is 5.00. The number of hydrogen-bond donors (Lipinski definition) is 0. The third kappa shape index (κ3) is 14.8. The monoisotopic (exact) mass is 428 g/mol. The zero-order chi connectivity index (χ0) is 21.8. The van der Waals surface area contributed by atoms with Crippen LogP contribution in [-0.2, 0) is 0 Å². The standard InChI is InChI=1S/C28H57Cl/c1-6-9-12-15-18-21-24-28(27(4,5)29,25-22-19-16-13-10-7-2)26-23-20-17-14-11-8-3/h6-26H2,1-5H3. The molecule has 0 aliphatic rings. The van der Waals surface area contributed by atoms with E-state index < -0.39 is 0 Å². The summed E-state index contributed by atoms with van der Waals surface area (Å²) in [6.07, 6.45) is 29.1. The quantitative estimate of drug-likeness (QED) is 0.119. The van der Waals surface area contributed by atoms with Gasteiger partial charge in [-0.3, -0.25) is 0 Å². The molecule has 0 aliphatic heterocycles. The normalized spacial score (nSPS) is 12.6. The van der Waals surface area contributed by atoms with Gasteiger partial charge in [-0.25, -0.2) is 0 Å². The Morgan fingerprint density at radius 1 is 0.414 bits per heavy atom. The van der Waals surface area contributed by atoms with Crippen molar-refractivity contribution in [2.75, 3.05) is 0 Å². The molecule has 0 rings (SSSR count). The number of alkyl halides is 1. The summed E-state index contributed by atoms with van der Waals surface area (Å²) in [4.78, 5) is -0.0801. The van der Waals surface area contributed by atoms with Crippen molar-refractivity contribution in [2.45, 2.75) is 174 Å². The van der Waals surface area contributed by atoms with Gasteiger partial charge in [0.2, 0.25) is 0 Å². The molecule has 0 atom stereocenters. The maximum Gasteiger partial charge on any atom is 0.0446 e. The maximum atomic E-state index is 7.14. The van der Waals surface area contributed by atoms with Crippen molar-refractivity contribution in [3.63, 3.8) is 0 Å². The molecule has 0 N–H and O–H groups in total. The van der Waals surface area contributed by atoms with Crippen LogP contribution in [0.25, 0.3) is 0 Å². The highest BCUT2D eigenvalue weighted by atomic mass is 35.5. The zero-order valence-electron chi connectivity index (χ0n) is 21.2. The van der Waals surface area contributed by atoms with Crippen LogP contribution in [0.1, 0.15) is 169 Å². The second-order valence-electron chi connectivity index (χ2n) is 10.3. The van der Waals surface area contributed by atoms with Crippen LogP contribution in [-0.4, -0.2) is 4.87 Å². The summed E-state index contributed by atoms with van der Waals surface area (Å²) < 4.78 is 0. The molecule has 1 heteroatoms. The molecule has 0 radical (unpaired) electrons. The van der Waals surface area contributed by atoms with E-state index in [1.165, 1.54) is 135 Å². The second-order valence-corrected chi connectivity index (χ2v) is 11.3. The molecule has 0 spiro atoms. The first kappa shape index (κ1) is 29.3. The van der Waals surface area contributed by atoms with Crippen LogP contribution < -0.4 is 0 Å². The minimum absolute atomic E-state index is 0.0801. The molecule has 0 aromatic heterocycles. The first-order valence-corrected chi connectivity index (χ1v) is 14.0. The van der Waals surface area contributed by atoms with E-state index in [0.717, 1.165) is 0 Å². The van der Waals surface area contributed by atoms with Crippen molar-refractivity contribution in [2.24, 2.45) is 5.41 Å². The molecule has 0 amide bonds. The van der Waals surface area contributed by atoms with Crippen LogP contribution in [0, 0.1) is 5.41 Å². The highest BCUT2D eigenvalue weighted by Gasteiger charge is 2.41. The molecular weight excluding hydrogens is 372 g/mol. The van der Waals surface area contributed by atoms with Gasteiger partial charge in [0.15, 0.2) is 0 Å². The van der Waals surface area contributed by atoms with E-state index in [-0.39, 0.29) is 4.87 Å². The number of halogens is 1. The van der Waals surface area contributed by atoms with E-state index in [1.54, 1.807) is 0 Å². The second kappa shape index (κ2) is 19.0. The molecule has 0 bridgehead atoms. The summed E-state index contributed by atoms with van der Waals surface area (Å²) in [6.45, 7) is 11.6. The van der Waals surface area contributed by atoms with Crippen LogP contribution in [0.2, 0.25) is 0 Å². The summed E-state index contributed by atoms with van der Waals surface area (Å²) in [5.74, 6) is 0. The van der Waals surface area contributed by atoms with E-state index in [1.807, 2.05) is 0 Å². The largest absolute Gasteiger partial charge is 0.119 e. The summed E-state index contributed by atoms with van der Waals surface area (Å²) in [6, 6.07) is 0. The molecule has 176 valence electrons. The van der Waals surface area contributed by atoms with Gasteiger partial charge in [-0.05, 0) is 38.5 Å². The Labute approximate surface area is 191 Å². The Balaban J connectivity index is 4.67. The SMILES string of the molecule is CCCCCCCCC(CCCCCCCC)(CCCCCCCC)C(C)(C)Cl. The Kier molecular flexibility index (Phi) is 19.2. The van der Waals surface area contributed by atoms with Gasteiger partial charge < -0.3 is 0 Å². The van der Waals surface area contributed by atoms with E-state index in [0.29, 0.717) is 5.41 Å². The van der Waals surface area contributed by atoms with Gasteiger partial charge in [0.25, 0.3) is 0 Å².